The molecule has 2 heterocycles. The Morgan fingerprint density at radius 2 is 2.08 bits per heavy atom. The van der Waals surface area contributed by atoms with Gasteiger partial charge in [-0.2, -0.15) is 0 Å². The molecule has 0 spiro atoms. The fourth-order valence-electron chi connectivity index (χ4n) is 4.15. The highest BCUT2D eigenvalue weighted by Gasteiger charge is 2.36. The zero-order chi connectivity index (χ0) is 17.6. The fourth-order valence-corrected chi connectivity index (χ4v) is 5.59. The third kappa shape index (κ3) is 5.02. The van der Waals surface area contributed by atoms with E-state index in [0.29, 0.717) is 23.8 Å². The van der Waals surface area contributed by atoms with Gasteiger partial charge in [0.2, 0.25) is 0 Å². The summed E-state index contributed by atoms with van der Waals surface area (Å²) in [6.45, 7) is 4.60. The van der Waals surface area contributed by atoms with Crippen LogP contribution in [0, 0.1) is 5.92 Å². The molecule has 6 atom stereocenters. The van der Waals surface area contributed by atoms with Crippen LogP contribution in [0.2, 0.25) is 0 Å². The minimum Gasteiger partial charge on any atom is -0.385 e. The van der Waals surface area contributed by atoms with E-state index < -0.39 is 10.8 Å². The van der Waals surface area contributed by atoms with Crippen LogP contribution < -0.4 is 10.6 Å². The summed E-state index contributed by atoms with van der Waals surface area (Å²) in [6.07, 6.45) is 6.97. The van der Waals surface area contributed by atoms with E-state index in [9.17, 15) is 4.21 Å². The van der Waals surface area contributed by atoms with E-state index in [2.05, 4.69) is 17.6 Å². The first kappa shape index (κ1) is 19.3. The zero-order valence-corrected chi connectivity index (χ0v) is 16.4. The Labute approximate surface area is 154 Å². The summed E-state index contributed by atoms with van der Waals surface area (Å²) in [4.78, 5) is 4.72. The number of amidine groups is 1. The average Bonchev–Trinajstić information content (AvgIpc) is 3.06. The number of hydrogen-bond donors (Lipinski definition) is 2. The topological polar surface area (TPSA) is 72.0 Å². The summed E-state index contributed by atoms with van der Waals surface area (Å²) >= 11 is 0. The SMILES string of the molecule is COCCCOC1CCNC(CS(=O)C2=NC3CCCCC3N2)C1C. The second-order valence-electron chi connectivity index (χ2n) is 7.51. The number of aliphatic imine (C=N–C) groups is 1. The Hall–Kier alpha value is -0.500. The molecule has 3 aliphatic rings. The maximum absolute atomic E-state index is 12.8. The van der Waals surface area contributed by atoms with Gasteiger partial charge >= 0.3 is 0 Å². The first-order valence-corrected chi connectivity index (χ1v) is 11.1. The molecule has 0 radical (unpaired) electrons. The Bertz CT molecular complexity index is 488. The van der Waals surface area contributed by atoms with Crippen molar-refractivity contribution in [3.63, 3.8) is 0 Å². The molecule has 0 aromatic heterocycles. The van der Waals surface area contributed by atoms with Gasteiger partial charge in [-0.1, -0.05) is 19.8 Å². The number of nitrogens with one attached hydrogen (secondary N) is 2. The third-order valence-electron chi connectivity index (χ3n) is 5.75. The normalized spacial score (nSPS) is 36.4. The van der Waals surface area contributed by atoms with Gasteiger partial charge in [-0.3, -0.25) is 9.20 Å². The molecule has 7 heteroatoms. The van der Waals surface area contributed by atoms with Gasteiger partial charge in [0.05, 0.1) is 29.0 Å². The highest BCUT2D eigenvalue weighted by Crippen LogP contribution is 2.26. The van der Waals surface area contributed by atoms with Crippen LogP contribution in [0.5, 0.6) is 0 Å². The molecule has 2 fully saturated rings. The molecular formula is C18H33N3O3S. The summed E-state index contributed by atoms with van der Waals surface area (Å²) in [5.41, 5.74) is 0. The largest absolute Gasteiger partial charge is 0.385 e. The summed E-state index contributed by atoms with van der Waals surface area (Å²) in [7, 11) is 0.663. The van der Waals surface area contributed by atoms with E-state index in [4.69, 9.17) is 14.5 Å². The zero-order valence-electron chi connectivity index (χ0n) is 15.5. The lowest BCUT2D eigenvalue weighted by Crippen LogP contribution is -2.51. The van der Waals surface area contributed by atoms with E-state index in [1.54, 1.807) is 7.11 Å². The second kappa shape index (κ2) is 9.44. The first-order chi connectivity index (χ1) is 12.2. The highest BCUT2D eigenvalue weighted by molar-refractivity contribution is 8.00. The molecule has 3 rings (SSSR count). The Morgan fingerprint density at radius 1 is 1.24 bits per heavy atom. The van der Waals surface area contributed by atoms with Gasteiger partial charge < -0.3 is 20.1 Å². The summed E-state index contributed by atoms with van der Waals surface area (Å²) in [5.74, 6) is 0.967. The molecule has 2 N–H and O–H groups in total. The van der Waals surface area contributed by atoms with E-state index in [1.807, 2.05) is 0 Å². The molecular weight excluding hydrogens is 338 g/mol. The predicted octanol–water partition coefficient (Wildman–Crippen LogP) is 1.43. The highest BCUT2D eigenvalue weighted by atomic mass is 32.2. The predicted molar refractivity (Wildman–Crippen MR) is 101 cm³/mol. The van der Waals surface area contributed by atoms with Crippen LogP contribution in [0.4, 0.5) is 0 Å². The smallest absolute Gasteiger partial charge is 0.188 e. The van der Waals surface area contributed by atoms with E-state index in [-0.39, 0.29) is 12.1 Å². The van der Waals surface area contributed by atoms with Crippen molar-refractivity contribution in [1.29, 1.82) is 0 Å². The van der Waals surface area contributed by atoms with Crippen molar-refractivity contribution in [2.24, 2.45) is 10.9 Å². The van der Waals surface area contributed by atoms with Gasteiger partial charge in [0, 0.05) is 32.1 Å². The van der Waals surface area contributed by atoms with Crippen LogP contribution in [0.1, 0.15) is 45.4 Å². The Balaban J connectivity index is 1.48. The van der Waals surface area contributed by atoms with Crippen LogP contribution in [-0.4, -0.2) is 66.2 Å². The molecule has 2 aliphatic heterocycles. The van der Waals surface area contributed by atoms with Gasteiger partial charge in [0.15, 0.2) is 5.17 Å². The van der Waals surface area contributed by atoms with E-state index in [0.717, 1.165) is 50.6 Å². The van der Waals surface area contributed by atoms with Crippen LogP contribution in [0.3, 0.4) is 0 Å². The number of rotatable bonds is 7. The quantitative estimate of drug-likeness (QED) is 0.663. The van der Waals surface area contributed by atoms with Crippen molar-refractivity contribution in [3.05, 3.63) is 0 Å². The van der Waals surface area contributed by atoms with Crippen LogP contribution in [0.15, 0.2) is 4.99 Å². The number of methoxy groups -OCH3 is 1. The Kier molecular flexibility index (Phi) is 7.28. The van der Waals surface area contributed by atoms with Crippen molar-refractivity contribution in [2.75, 3.05) is 32.6 Å². The molecule has 0 aromatic rings. The summed E-state index contributed by atoms with van der Waals surface area (Å²) < 4.78 is 24.0. The average molecular weight is 372 g/mol. The molecule has 144 valence electrons. The standard InChI is InChI=1S/C18H33N3O3S/c1-13-16(19-9-8-17(13)24-11-5-10-23-2)12-25(22)18-20-14-6-3-4-7-15(14)21-18/h13-17,19H,3-12H2,1-2H3,(H,20,21). The first-order valence-electron chi connectivity index (χ1n) is 9.75. The van der Waals surface area contributed by atoms with Crippen LogP contribution in [-0.2, 0) is 20.3 Å². The number of ether oxygens (including phenoxy) is 2. The fraction of sp³-hybridized carbons (Fsp3) is 0.944. The Morgan fingerprint density at radius 3 is 2.88 bits per heavy atom. The molecule has 1 aliphatic carbocycles. The van der Waals surface area contributed by atoms with Crippen LogP contribution in [0.25, 0.3) is 0 Å². The molecule has 1 saturated carbocycles. The van der Waals surface area contributed by atoms with Crippen molar-refractivity contribution < 1.29 is 13.7 Å². The van der Waals surface area contributed by atoms with Crippen molar-refractivity contribution >= 4 is 16.0 Å². The molecule has 25 heavy (non-hydrogen) atoms. The molecule has 0 aromatic carbocycles. The maximum atomic E-state index is 12.8. The number of hydrogen-bond acceptors (Lipinski definition) is 6. The lowest BCUT2D eigenvalue weighted by molar-refractivity contribution is -0.0179. The lowest BCUT2D eigenvalue weighted by atomic mass is 9.91. The van der Waals surface area contributed by atoms with Gasteiger partial charge in [-0.05, 0) is 38.1 Å². The van der Waals surface area contributed by atoms with Gasteiger partial charge in [0.25, 0.3) is 0 Å². The van der Waals surface area contributed by atoms with Crippen molar-refractivity contribution in [1.82, 2.24) is 10.6 Å². The third-order valence-corrected chi connectivity index (χ3v) is 7.07. The van der Waals surface area contributed by atoms with Gasteiger partial charge in [-0.25, -0.2) is 0 Å². The molecule has 0 amide bonds. The van der Waals surface area contributed by atoms with Gasteiger partial charge in [-0.15, -0.1) is 0 Å². The summed E-state index contributed by atoms with van der Waals surface area (Å²) in [5, 5.41) is 7.70. The molecule has 6 nitrogen and oxygen atoms in total. The monoisotopic (exact) mass is 371 g/mol. The molecule has 6 unspecified atom stereocenters. The number of fused-ring (bicyclic) bond motifs is 1. The van der Waals surface area contributed by atoms with Gasteiger partial charge in [0.1, 0.15) is 0 Å². The van der Waals surface area contributed by atoms with Crippen molar-refractivity contribution in [3.8, 4) is 0 Å². The number of nitrogens with zero attached hydrogens (tertiary/aromatic N) is 1. The minimum atomic E-state index is -1.05. The van der Waals surface area contributed by atoms with E-state index in [1.165, 1.54) is 12.8 Å². The number of piperidine rings is 1. The molecule has 0 bridgehead atoms. The van der Waals surface area contributed by atoms with Crippen LogP contribution >= 0.6 is 0 Å². The molecule has 1 saturated heterocycles. The lowest BCUT2D eigenvalue weighted by Gasteiger charge is -2.36. The second-order valence-corrected chi connectivity index (χ2v) is 8.92. The minimum absolute atomic E-state index is 0.217. The maximum Gasteiger partial charge on any atom is 0.188 e. The summed E-state index contributed by atoms with van der Waals surface area (Å²) in [6, 6.07) is 0.983. The van der Waals surface area contributed by atoms with Crippen molar-refractivity contribution in [2.45, 2.75) is 69.7 Å². The van der Waals surface area contributed by atoms with E-state index >= 15 is 0 Å².